The molecular formula is C16H17N3O7S. The molecule has 0 bridgehead atoms. The Hall–Kier alpha value is -2.82. The standard InChI is InChI=1S/C16H17N3O7S/c1-2-17(11-5-6-27(25,26)9-11)14(20)8-18-15(21)12-4-3-10(19(23)24)7-13(12)16(18)22/h3-4,7,11H,2,5-6,8-9H2,1H3/t11-/m0/s1. The average molecular weight is 395 g/mol. The Morgan fingerprint density at radius 3 is 2.52 bits per heavy atom. The zero-order chi connectivity index (χ0) is 19.9. The maximum Gasteiger partial charge on any atom is 0.270 e. The van der Waals surface area contributed by atoms with Crippen LogP contribution in [0.3, 0.4) is 0 Å². The van der Waals surface area contributed by atoms with Crippen LogP contribution in [0.25, 0.3) is 0 Å². The molecule has 0 unspecified atom stereocenters. The highest BCUT2D eigenvalue weighted by molar-refractivity contribution is 7.91. The Bertz CT molecular complexity index is 957. The zero-order valence-electron chi connectivity index (χ0n) is 14.5. The van der Waals surface area contributed by atoms with E-state index < -0.39 is 45.1 Å². The van der Waals surface area contributed by atoms with Crippen LogP contribution in [0.15, 0.2) is 18.2 Å². The van der Waals surface area contributed by atoms with Gasteiger partial charge in [0.25, 0.3) is 17.5 Å². The van der Waals surface area contributed by atoms with Gasteiger partial charge in [-0.3, -0.25) is 29.4 Å². The summed E-state index contributed by atoms with van der Waals surface area (Å²) in [5.41, 5.74) is -0.437. The van der Waals surface area contributed by atoms with E-state index in [9.17, 15) is 32.9 Å². The summed E-state index contributed by atoms with van der Waals surface area (Å²) < 4.78 is 23.3. The summed E-state index contributed by atoms with van der Waals surface area (Å²) in [4.78, 5) is 49.8. The second kappa shape index (κ2) is 6.72. The SMILES string of the molecule is CCN(C(=O)CN1C(=O)c2ccc([N+](=O)[O-])cc2C1=O)[C@H]1CCS(=O)(=O)C1. The molecule has 0 aliphatic carbocycles. The summed E-state index contributed by atoms with van der Waals surface area (Å²) in [5.74, 6) is -2.15. The number of nitrogens with zero attached hydrogens (tertiary/aromatic N) is 3. The number of likely N-dealkylation sites (N-methyl/N-ethyl adjacent to an activating group) is 1. The van der Waals surface area contributed by atoms with Crippen molar-refractivity contribution in [2.24, 2.45) is 0 Å². The van der Waals surface area contributed by atoms with Crippen LogP contribution in [-0.4, -0.2) is 71.5 Å². The Morgan fingerprint density at radius 1 is 1.30 bits per heavy atom. The van der Waals surface area contributed by atoms with E-state index in [2.05, 4.69) is 0 Å². The molecule has 1 aromatic carbocycles. The van der Waals surface area contributed by atoms with Gasteiger partial charge in [0, 0.05) is 24.7 Å². The van der Waals surface area contributed by atoms with Crippen LogP contribution in [0, 0.1) is 10.1 Å². The van der Waals surface area contributed by atoms with E-state index in [4.69, 9.17) is 0 Å². The number of imide groups is 1. The number of hydrogen-bond acceptors (Lipinski definition) is 7. The van der Waals surface area contributed by atoms with E-state index in [0.717, 1.165) is 17.0 Å². The molecule has 27 heavy (non-hydrogen) atoms. The fraction of sp³-hybridized carbons (Fsp3) is 0.438. The van der Waals surface area contributed by atoms with Crippen molar-refractivity contribution >= 4 is 33.2 Å². The van der Waals surface area contributed by atoms with E-state index in [1.165, 1.54) is 11.0 Å². The Kier molecular flexibility index (Phi) is 4.72. The molecule has 1 saturated heterocycles. The molecule has 1 aromatic rings. The van der Waals surface area contributed by atoms with Crippen molar-refractivity contribution in [1.82, 2.24) is 9.80 Å². The third-order valence-electron chi connectivity index (χ3n) is 4.77. The number of nitro benzene ring substituents is 1. The van der Waals surface area contributed by atoms with Crippen molar-refractivity contribution in [1.29, 1.82) is 0 Å². The number of nitro groups is 1. The van der Waals surface area contributed by atoms with Crippen LogP contribution < -0.4 is 0 Å². The molecule has 1 atom stereocenters. The number of amides is 3. The summed E-state index contributed by atoms with van der Waals surface area (Å²) in [6.07, 6.45) is 0.316. The first-order valence-corrected chi connectivity index (χ1v) is 10.1. The third-order valence-corrected chi connectivity index (χ3v) is 6.52. The molecule has 0 saturated carbocycles. The number of fused-ring (bicyclic) bond motifs is 1. The summed E-state index contributed by atoms with van der Waals surface area (Å²) in [6.45, 7) is 1.40. The molecular weight excluding hydrogens is 378 g/mol. The lowest BCUT2D eigenvalue weighted by atomic mass is 10.1. The van der Waals surface area contributed by atoms with Crippen molar-refractivity contribution in [3.63, 3.8) is 0 Å². The molecule has 3 amide bonds. The zero-order valence-corrected chi connectivity index (χ0v) is 15.3. The highest BCUT2D eigenvalue weighted by atomic mass is 32.2. The van der Waals surface area contributed by atoms with Gasteiger partial charge in [-0.05, 0) is 19.4 Å². The Morgan fingerprint density at radius 2 is 1.96 bits per heavy atom. The summed E-state index contributed by atoms with van der Waals surface area (Å²) in [5, 5.41) is 10.9. The van der Waals surface area contributed by atoms with Crippen LogP contribution in [-0.2, 0) is 14.6 Å². The van der Waals surface area contributed by atoms with Crippen molar-refractivity contribution in [2.45, 2.75) is 19.4 Å². The van der Waals surface area contributed by atoms with Gasteiger partial charge in [-0.2, -0.15) is 0 Å². The second-order valence-electron chi connectivity index (χ2n) is 6.42. The lowest BCUT2D eigenvalue weighted by molar-refractivity contribution is -0.384. The highest BCUT2D eigenvalue weighted by Gasteiger charge is 2.40. The van der Waals surface area contributed by atoms with E-state index >= 15 is 0 Å². The number of hydrogen-bond donors (Lipinski definition) is 0. The molecule has 11 heteroatoms. The van der Waals surface area contributed by atoms with Gasteiger partial charge in [-0.15, -0.1) is 0 Å². The fourth-order valence-corrected chi connectivity index (χ4v) is 5.15. The van der Waals surface area contributed by atoms with Gasteiger partial charge in [-0.25, -0.2) is 8.42 Å². The van der Waals surface area contributed by atoms with Crippen LogP contribution in [0.2, 0.25) is 0 Å². The van der Waals surface area contributed by atoms with Crippen LogP contribution >= 0.6 is 0 Å². The van der Waals surface area contributed by atoms with Gasteiger partial charge < -0.3 is 4.90 Å². The van der Waals surface area contributed by atoms with Crippen molar-refractivity contribution < 1.29 is 27.7 Å². The molecule has 144 valence electrons. The summed E-state index contributed by atoms with van der Waals surface area (Å²) >= 11 is 0. The first-order chi connectivity index (χ1) is 12.6. The van der Waals surface area contributed by atoms with Crippen molar-refractivity contribution in [2.75, 3.05) is 24.6 Å². The molecule has 0 aromatic heterocycles. The monoisotopic (exact) mass is 395 g/mol. The number of rotatable bonds is 5. The second-order valence-corrected chi connectivity index (χ2v) is 8.65. The predicted molar refractivity (Wildman–Crippen MR) is 92.9 cm³/mol. The smallest absolute Gasteiger partial charge is 0.270 e. The molecule has 1 fully saturated rings. The van der Waals surface area contributed by atoms with Crippen LogP contribution in [0.4, 0.5) is 5.69 Å². The first-order valence-electron chi connectivity index (χ1n) is 8.29. The van der Waals surface area contributed by atoms with Gasteiger partial charge in [0.2, 0.25) is 5.91 Å². The van der Waals surface area contributed by atoms with E-state index in [0.29, 0.717) is 6.42 Å². The van der Waals surface area contributed by atoms with Gasteiger partial charge in [-0.1, -0.05) is 0 Å². The van der Waals surface area contributed by atoms with Crippen molar-refractivity contribution in [3.05, 3.63) is 39.4 Å². The van der Waals surface area contributed by atoms with Gasteiger partial charge in [0.15, 0.2) is 9.84 Å². The number of carbonyl (C=O) groups is 3. The number of sulfone groups is 1. The molecule has 2 aliphatic heterocycles. The van der Waals surface area contributed by atoms with Gasteiger partial charge in [0.1, 0.15) is 6.54 Å². The molecule has 2 heterocycles. The minimum atomic E-state index is -3.19. The average Bonchev–Trinajstić information content (AvgIpc) is 3.07. The normalized spacial score (nSPS) is 20.6. The third kappa shape index (κ3) is 3.42. The maximum atomic E-state index is 12.6. The summed E-state index contributed by atoms with van der Waals surface area (Å²) in [7, 11) is -3.19. The molecule has 3 rings (SSSR count). The molecule has 0 N–H and O–H groups in total. The Labute approximate surface area is 154 Å². The topological polar surface area (TPSA) is 135 Å². The lowest BCUT2D eigenvalue weighted by Gasteiger charge is -2.28. The minimum Gasteiger partial charge on any atom is -0.337 e. The maximum absolute atomic E-state index is 12.6. The predicted octanol–water partition coefficient (Wildman–Crippen LogP) is 0.226. The quantitative estimate of drug-likeness (QED) is 0.395. The van der Waals surface area contributed by atoms with Crippen LogP contribution in [0.5, 0.6) is 0 Å². The Balaban J connectivity index is 1.79. The van der Waals surface area contributed by atoms with E-state index in [1.807, 2.05) is 0 Å². The molecule has 0 radical (unpaired) electrons. The van der Waals surface area contributed by atoms with E-state index in [-0.39, 0.29) is 34.9 Å². The van der Waals surface area contributed by atoms with E-state index in [1.54, 1.807) is 6.92 Å². The minimum absolute atomic E-state index is 0.00185. The molecule has 10 nitrogen and oxygen atoms in total. The van der Waals surface area contributed by atoms with Gasteiger partial charge in [0.05, 0.1) is 27.6 Å². The lowest BCUT2D eigenvalue weighted by Crippen LogP contribution is -2.47. The first kappa shape index (κ1) is 19.0. The van der Waals surface area contributed by atoms with Crippen molar-refractivity contribution in [3.8, 4) is 0 Å². The molecule has 0 spiro atoms. The summed E-state index contributed by atoms with van der Waals surface area (Å²) in [6, 6.07) is 2.85. The number of benzene rings is 1. The largest absolute Gasteiger partial charge is 0.337 e. The number of non-ortho nitro benzene ring substituents is 1. The van der Waals surface area contributed by atoms with Crippen LogP contribution in [0.1, 0.15) is 34.1 Å². The molecule has 2 aliphatic rings. The van der Waals surface area contributed by atoms with Gasteiger partial charge >= 0.3 is 0 Å². The number of carbonyl (C=O) groups excluding carboxylic acids is 3. The highest BCUT2D eigenvalue weighted by Crippen LogP contribution is 2.27. The fourth-order valence-electron chi connectivity index (χ4n) is 3.42.